The molecule has 10 heteroatoms. The number of piperazine rings is 1. The van der Waals surface area contributed by atoms with Gasteiger partial charge in [0.15, 0.2) is 0 Å². The minimum atomic E-state index is -0.535. The number of carbonyl (C=O) groups excluding carboxylic acids is 2. The summed E-state index contributed by atoms with van der Waals surface area (Å²) in [7, 11) is 0. The first-order chi connectivity index (χ1) is 20.1. The van der Waals surface area contributed by atoms with Gasteiger partial charge in [-0.15, -0.1) is 0 Å². The van der Waals surface area contributed by atoms with Gasteiger partial charge in [-0.2, -0.15) is 5.26 Å². The fourth-order valence-electron chi connectivity index (χ4n) is 5.81. The second-order valence-electron chi connectivity index (χ2n) is 12.6. The molecular formula is C32H38N6O4. The lowest BCUT2D eigenvalue weighted by molar-refractivity contribution is -0.119. The largest absolute Gasteiger partial charge is 0.488 e. The second-order valence-corrected chi connectivity index (χ2v) is 12.6. The molecule has 42 heavy (non-hydrogen) atoms. The predicted molar refractivity (Wildman–Crippen MR) is 159 cm³/mol. The molecule has 2 aliphatic heterocycles. The molecule has 2 atom stereocenters. The highest BCUT2D eigenvalue weighted by Gasteiger charge is 2.31. The molecule has 10 nitrogen and oxygen atoms in total. The van der Waals surface area contributed by atoms with Crippen molar-refractivity contribution >= 4 is 28.7 Å². The van der Waals surface area contributed by atoms with Crippen LogP contribution in [0.1, 0.15) is 58.6 Å². The molecule has 3 aliphatic rings. The van der Waals surface area contributed by atoms with E-state index in [1.807, 2.05) is 58.3 Å². The Labute approximate surface area is 246 Å². The zero-order valence-electron chi connectivity index (χ0n) is 24.7. The van der Waals surface area contributed by atoms with Gasteiger partial charge in [-0.1, -0.05) is 6.07 Å². The standard InChI is InChI=1S/C32H38N6O4/c1-20(24-16-29(39)34-18-24)41-28-15-22(14-26-30(28)38(19-35-26)25-6-7-25)21-5-8-27(23(13-21)17-33)36-9-11-37(12-10-36)31(40)42-32(2,3)4/h5,8,13-15,19-20,24-25H,6-7,9-12,16,18H2,1-4H3,(H,34,39)/t20-,24?/m1/s1. The van der Waals surface area contributed by atoms with E-state index < -0.39 is 5.60 Å². The first kappa shape index (κ1) is 27.9. The maximum Gasteiger partial charge on any atom is 0.410 e. The Morgan fingerprint density at radius 3 is 2.52 bits per heavy atom. The molecule has 1 unspecified atom stereocenters. The summed E-state index contributed by atoms with van der Waals surface area (Å²) in [4.78, 5) is 32.9. The predicted octanol–water partition coefficient (Wildman–Crippen LogP) is 4.87. The lowest BCUT2D eigenvalue weighted by Crippen LogP contribution is -2.50. The Morgan fingerprint density at radius 1 is 1.12 bits per heavy atom. The van der Waals surface area contributed by atoms with Crippen molar-refractivity contribution in [3.05, 3.63) is 42.2 Å². The highest BCUT2D eigenvalue weighted by Crippen LogP contribution is 2.42. The van der Waals surface area contributed by atoms with Crippen LogP contribution in [0, 0.1) is 17.2 Å². The molecule has 2 amide bonds. The Kier molecular flexibility index (Phi) is 7.21. The van der Waals surface area contributed by atoms with Crippen LogP contribution in [0.4, 0.5) is 10.5 Å². The van der Waals surface area contributed by atoms with Gasteiger partial charge in [0.25, 0.3) is 0 Å². The van der Waals surface area contributed by atoms with Gasteiger partial charge in [0.05, 0.1) is 23.1 Å². The number of imidazole rings is 1. The Bertz CT molecular complexity index is 1560. The van der Waals surface area contributed by atoms with Crippen LogP contribution in [0.25, 0.3) is 22.2 Å². The highest BCUT2D eigenvalue weighted by atomic mass is 16.6. The van der Waals surface area contributed by atoms with Crippen LogP contribution in [-0.4, -0.2) is 70.9 Å². The van der Waals surface area contributed by atoms with Crippen molar-refractivity contribution in [3.8, 4) is 22.9 Å². The first-order valence-electron chi connectivity index (χ1n) is 14.8. The summed E-state index contributed by atoms with van der Waals surface area (Å²) in [5.41, 5.74) is 4.55. The number of nitriles is 1. The van der Waals surface area contributed by atoms with Crippen molar-refractivity contribution in [3.63, 3.8) is 0 Å². The van der Waals surface area contributed by atoms with E-state index in [0.29, 0.717) is 50.7 Å². The van der Waals surface area contributed by atoms with E-state index >= 15 is 0 Å². The molecule has 3 aromatic rings. The van der Waals surface area contributed by atoms with E-state index in [9.17, 15) is 14.9 Å². The molecule has 1 aliphatic carbocycles. The molecule has 2 saturated heterocycles. The summed E-state index contributed by atoms with van der Waals surface area (Å²) < 4.78 is 14.3. The summed E-state index contributed by atoms with van der Waals surface area (Å²) in [5, 5.41) is 13.0. The van der Waals surface area contributed by atoms with Crippen molar-refractivity contribution in [1.82, 2.24) is 19.8 Å². The summed E-state index contributed by atoms with van der Waals surface area (Å²) in [6.45, 7) is 10.5. The summed E-state index contributed by atoms with van der Waals surface area (Å²) >= 11 is 0. The molecule has 2 aromatic carbocycles. The average Bonchev–Trinajstić information content (AvgIpc) is 3.56. The zero-order chi connectivity index (χ0) is 29.6. The van der Waals surface area contributed by atoms with Crippen LogP contribution < -0.4 is 15.0 Å². The van der Waals surface area contributed by atoms with Crippen LogP contribution in [0.5, 0.6) is 5.75 Å². The number of aromatic nitrogens is 2. The molecule has 220 valence electrons. The average molecular weight is 571 g/mol. The van der Waals surface area contributed by atoms with Gasteiger partial charge in [-0.3, -0.25) is 4.79 Å². The number of ether oxygens (including phenoxy) is 2. The van der Waals surface area contributed by atoms with E-state index in [2.05, 4.69) is 26.9 Å². The number of carbonyl (C=O) groups is 2. The van der Waals surface area contributed by atoms with Gasteiger partial charge in [0.1, 0.15) is 29.0 Å². The van der Waals surface area contributed by atoms with Crippen LogP contribution in [0.15, 0.2) is 36.7 Å². The third-order valence-corrected chi connectivity index (χ3v) is 8.28. The number of hydrogen-bond acceptors (Lipinski definition) is 7. The molecule has 0 bridgehead atoms. The zero-order valence-corrected chi connectivity index (χ0v) is 24.7. The molecule has 6 rings (SSSR count). The number of hydrogen-bond donors (Lipinski definition) is 1. The minimum Gasteiger partial charge on any atom is -0.488 e. The number of benzene rings is 2. The Morgan fingerprint density at radius 2 is 1.88 bits per heavy atom. The van der Waals surface area contributed by atoms with E-state index in [1.54, 1.807) is 4.90 Å². The number of rotatable bonds is 6. The third-order valence-electron chi connectivity index (χ3n) is 8.28. The topological polar surface area (TPSA) is 113 Å². The molecular weight excluding hydrogens is 532 g/mol. The SMILES string of the molecule is C[C@@H](Oc1cc(-c2ccc(N3CCN(C(=O)OC(C)(C)C)CC3)c(C#N)c2)cc2ncn(C3CC3)c12)C1CNC(=O)C1. The molecule has 3 heterocycles. The second kappa shape index (κ2) is 10.9. The lowest BCUT2D eigenvalue weighted by atomic mass is 10.00. The smallest absolute Gasteiger partial charge is 0.410 e. The van der Waals surface area contributed by atoms with Gasteiger partial charge in [0.2, 0.25) is 5.91 Å². The normalized spacial score (nSPS) is 19.9. The quantitative estimate of drug-likeness (QED) is 0.450. The maximum atomic E-state index is 12.5. The number of amides is 2. The van der Waals surface area contributed by atoms with Crippen LogP contribution in [-0.2, 0) is 9.53 Å². The van der Waals surface area contributed by atoms with Crippen molar-refractivity contribution in [2.75, 3.05) is 37.6 Å². The van der Waals surface area contributed by atoms with Gasteiger partial charge in [-0.05, 0) is 75.9 Å². The van der Waals surface area contributed by atoms with Crippen molar-refractivity contribution in [1.29, 1.82) is 5.26 Å². The fraction of sp³-hybridized carbons (Fsp3) is 0.500. The summed E-state index contributed by atoms with van der Waals surface area (Å²) in [6, 6.07) is 12.9. The van der Waals surface area contributed by atoms with E-state index in [0.717, 1.165) is 46.4 Å². The van der Waals surface area contributed by atoms with Crippen LogP contribution >= 0.6 is 0 Å². The van der Waals surface area contributed by atoms with Gasteiger partial charge >= 0.3 is 6.09 Å². The van der Waals surface area contributed by atoms with Gasteiger partial charge in [-0.25, -0.2) is 9.78 Å². The monoisotopic (exact) mass is 570 g/mol. The van der Waals surface area contributed by atoms with E-state index in [4.69, 9.17) is 14.5 Å². The van der Waals surface area contributed by atoms with Gasteiger partial charge in [0, 0.05) is 51.1 Å². The van der Waals surface area contributed by atoms with Crippen LogP contribution in [0.2, 0.25) is 0 Å². The maximum absolute atomic E-state index is 12.5. The van der Waals surface area contributed by atoms with Crippen molar-refractivity contribution in [2.24, 2.45) is 5.92 Å². The third kappa shape index (κ3) is 5.73. The molecule has 0 radical (unpaired) electrons. The Hall–Kier alpha value is -4.26. The molecule has 3 fully saturated rings. The Balaban J connectivity index is 1.26. The first-order valence-corrected chi connectivity index (χ1v) is 14.8. The summed E-state index contributed by atoms with van der Waals surface area (Å²) in [5.74, 6) is 0.918. The van der Waals surface area contributed by atoms with Gasteiger partial charge < -0.3 is 29.2 Å². The molecule has 1 aromatic heterocycles. The van der Waals surface area contributed by atoms with E-state index in [1.165, 1.54) is 0 Å². The number of nitrogens with zero attached hydrogens (tertiary/aromatic N) is 5. The molecule has 1 saturated carbocycles. The highest BCUT2D eigenvalue weighted by molar-refractivity contribution is 5.89. The van der Waals surface area contributed by atoms with Crippen molar-refractivity contribution < 1.29 is 19.1 Å². The minimum absolute atomic E-state index is 0.0627. The number of anilines is 1. The lowest BCUT2D eigenvalue weighted by Gasteiger charge is -2.37. The number of nitrogens with one attached hydrogen (secondary N) is 1. The fourth-order valence-corrected chi connectivity index (χ4v) is 5.81. The van der Waals surface area contributed by atoms with Crippen LogP contribution in [0.3, 0.4) is 0 Å². The van der Waals surface area contributed by atoms with Crippen molar-refractivity contribution in [2.45, 2.75) is 64.7 Å². The molecule has 1 N–H and O–H groups in total. The molecule has 0 spiro atoms. The van der Waals surface area contributed by atoms with E-state index in [-0.39, 0.29) is 24.0 Å². The summed E-state index contributed by atoms with van der Waals surface area (Å²) in [6.07, 6.45) is 4.16. The number of fused-ring (bicyclic) bond motifs is 1.